The van der Waals surface area contributed by atoms with Gasteiger partial charge in [-0.25, -0.2) is 0 Å². The van der Waals surface area contributed by atoms with Crippen LogP contribution in [0.3, 0.4) is 0 Å². The van der Waals surface area contributed by atoms with Crippen molar-refractivity contribution in [1.82, 2.24) is 15.5 Å². The molecule has 2 saturated heterocycles. The summed E-state index contributed by atoms with van der Waals surface area (Å²) < 4.78 is 0. The van der Waals surface area contributed by atoms with Crippen LogP contribution in [0.25, 0.3) is 0 Å². The van der Waals surface area contributed by atoms with Crippen molar-refractivity contribution in [3.8, 4) is 0 Å². The minimum absolute atomic E-state index is 0.681. The molecule has 0 saturated carbocycles. The molecule has 3 aliphatic rings. The second-order valence-corrected chi connectivity index (χ2v) is 5.09. The van der Waals surface area contributed by atoms with Crippen LogP contribution in [0.15, 0.2) is 4.99 Å². The first-order chi connectivity index (χ1) is 7.95. The average Bonchev–Trinajstić information content (AvgIpc) is 3.03. The number of nitrogens with one attached hydrogen (secondary N) is 2. The summed E-state index contributed by atoms with van der Waals surface area (Å²) >= 11 is 0. The SMILES string of the molecule is C1CNC(C2CCCCN2C2=NCCN2)C1. The Morgan fingerprint density at radius 3 is 2.88 bits per heavy atom. The Hall–Kier alpha value is -0.770. The van der Waals surface area contributed by atoms with Crippen LogP contribution in [-0.2, 0) is 0 Å². The highest BCUT2D eigenvalue weighted by molar-refractivity contribution is 5.81. The van der Waals surface area contributed by atoms with Gasteiger partial charge in [-0.3, -0.25) is 4.99 Å². The fourth-order valence-corrected chi connectivity index (χ4v) is 3.26. The van der Waals surface area contributed by atoms with E-state index in [1.807, 2.05) is 0 Å². The molecule has 16 heavy (non-hydrogen) atoms. The molecule has 3 heterocycles. The maximum Gasteiger partial charge on any atom is 0.194 e. The van der Waals surface area contributed by atoms with E-state index in [2.05, 4.69) is 20.5 Å². The Labute approximate surface area is 97.5 Å². The van der Waals surface area contributed by atoms with E-state index in [0.29, 0.717) is 12.1 Å². The predicted molar refractivity (Wildman–Crippen MR) is 65.7 cm³/mol. The van der Waals surface area contributed by atoms with Gasteiger partial charge in [-0.15, -0.1) is 0 Å². The van der Waals surface area contributed by atoms with Crippen LogP contribution in [0.2, 0.25) is 0 Å². The van der Waals surface area contributed by atoms with Crippen LogP contribution >= 0.6 is 0 Å². The second-order valence-electron chi connectivity index (χ2n) is 5.09. The van der Waals surface area contributed by atoms with Crippen LogP contribution in [-0.4, -0.2) is 49.1 Å². The Balaban J connectivity index is 1.72. The lowest BCUT2D eigenvalue weighted by atomic mass is 9.95. The van der Waals surface area contributed by atoms with E-state index in [1.54, 1.807) is 0 Å². The second kappa shape index (κ2) is 4.62. The molecular formula is C12H22N4. The van der Waals surface area contributed by atoms with Crippen molar-refractivity contribution in [2.75, 3.05) is 26.2 Å². The molecule has 0 spiro atoms. The number of nitrogens with zero attached hydrogens (tertiary/aromatic N) is 2. The number of guanidine groups is 1. The Morgan fingerprint density at radius 1 is 1.12 bits per heavy atom. The number of likely N-dealkylation sites (tertiary alicyclic amines) is 1. The first-order valence-electron chi connectivity index (χ1n) is 6.73. The third-order valence-corrected chi connectivity index (χ3v) is 4.04. The molecule has 0 aromatic carbocycles. The monoisotopic (exact) mass is 222 g/mol. The minimum Gasteiger partial charge on any atom is -0.354 e. The Kier molecular flexibility index (Phi) is 3.00. The average molecular weight is 222 g/mol. The van der Waals surface area contributed by atoms with Crippen LogP contribution in [0.4, 0.5) is 0 Å². The molecule has 0 radical (unpaired) electrons. The number of aliphatic imine (C=N–C) groups is 1. The summed E-state index contributed by atoms with van der Waals surface area (Å²) in [6, 6.07) is 1.38. The lowest BCUT2D eigenvalue weighted by molar-refractivity contribution is 0.196. The van der Waals surface area contributed by atoms with E-state index in [-0.39, 0.29) is 0 Å². The maximum atomic E-state index is 4.58. The van der Waals surface area contributed by atoms with E-state index in [9.17, 15) is 0 Å². The van der Waals surface area contributed by atoms with Crippen molar-refractivity contribution >= 4 is 5.96 Å². The van der Waals surface area contributed by atoms with Crippen LogP contribution in [0.1, 0.15) is 32.1 Å². The predicted octanol–water partition coefficient (Wildman–Crippen LogP) is 0.552. The van der Waals surface area contributed by atoms with Crippen LogP contribution in [0.5, 0.6) is 0 Å². The zero-order valence-electron chi connectivity index (χ0n) is 9.91. The highest BCUT2D eigenvalue weighted by Crippen LogP contribution is 2.24. The van der Waals surface area contributed by atoms with Gasteiger partial charge in [0, 0.05) is 25.2 Å². The third-order valence-electron chi connectivity index (χ3n) is 4.04. The molecule has 4 nitrogen and oxygen atoms in total. The Morgan fingerprint density at radius 2 is 2.12 bits per heavy atom. The topological polar surface area (TPSA) is 39.7 Å². The fourth-order valence-electron chi connectivity index (χ4n) is 3.26. The lowest BCUT2D eigenvalue weighted by Crippen LogP contribution is -2.55. The summed E-state index contributed by atoms with van der Waals surface area (Å²) in [6.45, 7) is 4.37. The molecular weight excluding hydrogens is 200 g/mol. The van der Waals surface area contributed by atoms with Gasteiger partial charge in [0.1, 0.15) is 0 Å². The largest absolute Gasteiger partial charge is 0.354 e. The Bertz CT molecular complexity index is 270. The zero-order chi connectivity index (χ0) is 10.8. The summed E-state index contributed by atoms with van der Waals surface area (Å²) in [5.74, 6) is 1.17. The van der Waals surface area contributed by atoms with Gasteiger partial charge in [0.25, 0.3) is 0 Å². The van der Waals surface area contributed by atoms with Crippen molar-refractivity contribution in [2.45, 2.75) is 44.2 Å². The summed E-state index contributed by atoms with van der Waals surface area (Å²) in [4.78, 5) is 7.11. The number of rotatable bonds is 1. The van der Waals surface area contributed by atoms with Crippen molar-refractivity contribution in [2.24, 2.45) is 4.99 Å². The number of hydrogen-bond acceptors (Lipinski definition) is 4. The molecule has 2 unspecified atom stereocenters. The van der Waals surface area contributed by atoms with Crippen molar-refractivity contribution in [1.29, 1.82) is 0 Å². The molecule has 0 aromatic rings. The molecule has 0 aromatic heterocycles. The third kappa shape index (κ3) is 1.90. The van der Waals surface area contributed by atoms with Gasteiger partial charge in [-0.05, 0) is 38.6 Å². The summed E-state index contributed by atoms with van der Waals surface area (Å²) in [5, 5.41) is 7.08. The van der Waals surface area contributed by atoms with Gasteiger partial charge >= 0.3 is 0 Å². The van der Waals surface area contributed by atoms with Crippen molar-refractivity contribution in [3.63, 3.8) is 0 Å². The molecule has 2 atom stereocenters. The van der Waals surface area contributed by atoms with E-state index in [0.717, 1.165) is 13.1 Å². The standard InChI is InChI=1S/C12H22N4/c1-2-9-16(12-14-7-8-15-12)11(5-1)10-4-3-6-13-10/h10-11,13H,1-9H2,(H,14,15). The number of piperidine rings is 1. The maximum absolute atomic E-state index is 4.58. The smallest absolute Gasteiger partial charge is 0.194 e. The highest BCUT2D eigenvalue weighted by Gasteiger charge is 2.33. The van der Waals surface area contributed by atoms with Crippen LogP contribution in [0, 0.1) is 0 Å². The quantitative estimate of drug-likeness (QED) is 0.681. The van der Waals surface area contributed by atoms with Gasteiger partial charge in [-0.2, -0.15) is 0 Å². The molecule has 2 fully saturated rings. The molecule has 4 heteroatoms. The number of hydrogen-bond donors (Lipinski definition) is 2. The minimum atomic E-state index is 0.681. The van der Waals surface area contributed by atoms with Crippen molar-refractivity contribution in [3.05, 3.63) is 0 Å². The molecule has 90 valence electrons. The molecule has 3 rings (SSSR count). The van der Waals surface area contributed by atoms with Gasteiger partial charge in [0.05, 0.1) is 6.54 Å². The highest BCUT2D eigenvalue weighted by atomic mass is 15.4. The first kappa shape index (κ1) is 10.4. The molecule has 0 aliphatic carbocycles. The molecule has 2 N–H and O–H groups in total. The normalized spacial score (nSPS) is 35.0. The summed E-state index contributed by atoms with van der Waals surface area (Å²) in [6.07, 6.45) is 6.72. The van der Waals surface area contributed by atoms with E-state index < -0.39 is 0 Å². The summed E-state index contributed by atoms with van der Waals surface area (Å²) in [7, 11) is 0. The first-order valence-corrected chi connectivity index (χ1v) is 6.73. The van der Waals surface area contributed by atoms with E-state index in [1.165, 1.54) is 51.2 Å². The van der Waals surface area contributed by atoms with E-state index in [4.69, 9.17) is 0 Å². The molecule has 0 amide bonds. The lowest BCUT2D eigenvalue weighted by Gasteiger charge is -2.40. The van der Waals surface area contributed by atoms with Gasteiger partial charge < -0.3 is 15.5 Å². The molecule has 0 bridgehead atoms. The summed E-state index contributed by atoms with van der Waals surface area (Å²) in [5.41, 5.74) is 0. The van der Waals surface area contributed by atoms with Crippen LogP contribution < -0.4 is 10.6 Å². The molecule has 3 aliphatic heterocycles. The zero-order valence-corrected chi connectivity index (χ0v) is 9.91. The van der Waals surface area contributed by atoms with Gasteiger partial charge in [0.2, 0.25) is 0 Å². The van der Waals surface area contributed by atoms with E-state index >= 15 is 0 Å². The fraction of sp³-hybridized carbons (Fsp3) is 0.917. The van der Waals surface area contributed by atoms with Gasteiger partial charge in [0.15, 0.2) is 5.96 Å². The van der Waals surface area contributed by atoms with Gasteiger partial charge in [-0.1, -0.05) is 0 Å². The van der Waals surface area contributed by atoms with Crippen molar-refractivity contribution < 1.29 is 0 Å².